The van der Waals surface area contributed by atoms with Crippen LogP contribution >= 0.6 is 0 Å². The molecule has 0 aliphatic carbocycles. The van der Waals surface area contributed by atoms with Gasteiger partial charge in [-0.05, 0) is 60.1 Å². The van der Waals surface area contributed by atoms with Gasteiger partial charge in [0.1, 0.15) is 5.82 Å². The van der Waals surface area contributed by atoms with Crippen molar-refractivity contribution in [2.45, 2.75) is 45.4 Å². The molecule has 2 heteroatoms. The van der Waals surface area contributed by atoms with Crippen molar-refractivity contribution in [2.24, 2.45) is 0 Å². The summed E-state index contributed by atoms with van der Waals surface area (Å²) in [6.45, 7) is 2.23. The molecule has 142 valence electrons. The monoisotopic (exact) mass is 371 g/mol. The van der Waals surface area contributed by atoms with E-state index in [0.29, 0.717) is 11.1 Å². The molecule has 0 fully saturated rings. The number of nitrogens with zero attached hydrogens (tertiary/aromatic N) is 1. The molecule has 0 saturated heterocycles. The average molecular weight is 371 g/mol. The molecule has 0 aromatic heterocycles. The van der Waals surface area contributed by atoms with Crippen LogP contribution in [-0.2, 0) is 19.3 Å². The van der Waals surface area contributed by atoms with E-state index in [4.69, 9.17) is 5.26 Å². The van der Waals surface area contributed by atoms with E-state index in [1.165, 1.54) is 48.4 Å². The molecule has 0 aliphatic rings. The van der Waals surface area contributed by atoms with Crippen LogP contribution in [0.1, 0.15) is 48.4 Å². The van der Waals surface area contributed by atoms with Gasteiger partial charge < -0.3 is 0 Å². The largest absolute Gasteiger partial charge is 0.206 e. The first kappa shape index (κ1) is 19.8. The van der Waals surface area contributed by atoms with Crippen LogP contribution < -0.4 is 0 Å². The number of benzene rings is 3. The highest BCUT2D eigenvalue weighted by Gasteiger charge is 2.06. The lowest BCUT2D eigenvalue weighted by molar-refractivity contribution is 0.631. The Hall–Kier alpha value is -2.92. The first-order chi connectivity index (χ1) is 13.7. The summed E-state index contributed by atoms with van der Waals surface area (Å²) < 4.78 is 14.2. The van der Waals surface area contributed by atoms with Gasteiger partial charge in [0.05, 0.1) is 11.6 Å². The quantitative estimate of drug-likeness (QED) is 0.396. The second kappa shape index (κ2) is 9.85. The van der Waals surface area contributed by atoms with Crippen LogP contribution in [0.25, 0.3) is 11.1 Å². The normalized spacial score (nSPS) is 10.6. The zero-order chi connectivity index (χ0) is 19.8. The molecule has 3 aromatic carbocycles. The van der Waals surface area contributed by atoms with Crippen molar-refractivity contribution in [3.63, 3.8) is 0 Å². The molecule has 0 radical (unpaired) electrons. The molecule has 28 heavy (non-hydrogen) atoms. The van der Waals surface area contributed by atoms with E-state index < -0.39 is 0 Å². The Morgan fingerprint density at radius 1 is 0.750 bits per heavy atom. The first-order valence-electron chi connectivity index (χ1n) is 10.1. The Balaban J connectivity index is 1.58. The van der Waals surface area contributed by atoms with Crippen molar-refractivity contribution in [3.8, 4) is 17.2 Å². The molecule has 0 atom stereocenters. The highest BCUT2D eigenvalue weighted by Crippen LogP contribution is 2.24. The molecule has 0 amide bonds. The van der Waals surface area contributed by atoms with E-state index in [0.717, 1.165) is 18.4 Å². The van der Waals surface area contributed by atoms with Crippen LogP contribution in [0.5, 0.6) is 0 Å². The Morgan fingerprint density at radius 2 is 1.32 bits per heavy atom. The van der Waals surface area contributed by atoms with Gasteiger partial charge in [-0.25, -0.2) is 4.39 Å². The third kappa shape index (κ3) is 5.30. The van der Waals surface area contributed by atoms with Gasteiger partial charge in [0, 0.05) is 5.56 Å². The number of unbranched alkanes of at least 4 members (excludes halogenated alkanes) is 2. The summed E-state index contributed by atoms with van der Waals surface area (Å²) >= 11 is 0. The maximum absolute atomic E-state index is 14.2. The zero-order valence-corrected chi connectivity index (χ0v) is 16.4. The number of aryl methyl sites for hydroxylation is 3. The molecule has 0 heterocycles. The minimum absolute atomic E-state index is 0.342. The van der Waals surface area contributed by atoms with Gasteiger partial charge in [-0.3, -0.25) is 0 Å². The van der Waals surface area contributed by atoms with E-state index in [1.807, 2.05) is 18.2 Å². The average Bonchev–Trinajstić information content (AvgIpc) is 2.74. The number of halogens is 1. The molecule has 3 rings (SSSR count). The predicted molar refractivity (Wildman–Crippen MR) is 114 cm³/mol. The van der Waals surface area contributed by atoms with Crippen molar-refractivity contribution in [1.29, 1.82) is 5.26 Å². The lowest BCUT2D eigenvalue weighted by Crippen LogP contribution is -1.93. The highest BCUT2D eigenvalue weighted by molar-refractivity contribution is 5.65. The Labute approximate surface area is 167 Å². The van der Waals surface area contributed by atoms with Gasteiger partial charge in [-0.1, -0.05) is 74.4 Å². The molecule has 0 aliphatic heterocycles. The summed E-state index contributed by atoms with van der Waals surface area (Å²) in [6.07, 6.45) is 6.95. The first-order valence-corrected chi connectivity index (χ1v) is 10.1. The molecule has 0 unspecified atom stereocenters. The van der Waals surface area contributed by atoms with E-state index in [-0.39, 0.29) is 5.82 Å². The molecular weight excluding hydrogens is 345 g/mol. The van der Waals surface area contributed by atoms with Crippen molar-refractivity contribution >= 4 is 0 Å². The SMILES string of the molecule is CCCCCc1ccc(CCc2ccc(-c3ccc(C#N)cc3F)cc2)cc1. The Morgan fingerprint density at radius 3 is 1.86 bits per heavy atom. The number of hydrogen-bond acceptors (Lipinski definition) is 1. The second-order valence-corrected chi connectivity index (χ2v) is 7.28. The minimum Gasteiger partial charge on any atom is -0.206 e. The third-order valence-corrected chi connectivity index (χ3v) is 5.16. The Bertz CT molecular complexity index is 934. The van der Waals surface area contributed by atoms with E-state index in [9.17, 15) is 4.39 Å². The zero-order valence-electron chi connectivity index (χ0n) is 16.4. The lowest BCUT2D eigenvalue weighted by atomic mass is 9.98. The maximum Gasteiger partial charge on any atom is 0.132 e. The van der Waals surface area contributed by atoms with Crippen LogP contribution in [-0.4, -0.2) is 0 Å². The second-order valence-electron chi connectivity index (χ2n) is 7.28. The maximum atomic E-state index is 14.2. The van der Waals surface area contributed by atoms with Crippen LogP contribution in [0.2, 0.25) is 0 Å². The summed E-state index contributed by atoms with van der Waals surface area (Å²) in [5, 5.41) is 8.86. The summed E-state index contributed by atoms with van der Waals surface area (Å²) in [5.41, 5.74) is 5.72. The smallest absolute Gasteiger partial charge is 0.132 e. The fourth-order valence-corrected chi connectivity index (χ4v) is 3.41. The van der Waals surface area contributed by atoms with Crippen molar-refractivity contribution in [2.75, 3.05) is 0 Å². The summed E-state index contributed by atoms with van der Waals surface area (Å²) in [6, 6.07) is 23.6. The van der Waals surface area contributed by atoms with Gasteiger partial charge in [-0.2, -0.15) is 5.26 Å². The topological polar surface area (TPSA) is 23.8 Å². The van der Waals surface area contributed by atoms with E-state index in [1.54, 1.807) is 12.1 Å². The highest BCUT2D eigenvalue weighted by atomic mass is 19.1. The van der Waals surface area contributed by atoms with Crippen LogP contribution in [0.3, 0.4) is 0 Å². The molecular formula is C26H26FN. The fraction of sp³-hybridized carbons (Fsp3) is 0.269. The van der Waals surface area contributed by atoms with Crippen LogP contribution in [0, 0.1) is 17.1 Å². The lowest BCUT2D eigenvalue weighted by Gasteiger charge is -2.07. The summed E-state index contributed by atoms with van der Waals surface area (Å²) in [5.74, 6) is -0.356. The van der Waals surface area contributed by atoms with Crippen molar-refractivity contribution in [3.05, 3.63) is 94.8 Å². The van der Waals surface area contributed by atoms with Crippen molar-refractivity contribution in [1.82, 2.24) is 0 Å². The molecule has 1 nitrogen and oxygen atoms in total. The van der Waals surface area contributed by atoms with Crippen molar-refractivity contribution < 1.29 is 4.39 Å². The van der Waals surface area contributed by atoms with Gasteiger partial charge >= 0.3 is 0 Å². The summed E-state index contributed by atoms with van der Waals surface area (Å²) in [7, 11) is 0. The van der Waals surface area contributed by atoms with E-state index in [2.05, 4.69) is 43.3 Å². The van der Waals surface area contributed by atoms with Gasteiger partial charge in [0.25, 0.3) is 0 Å². The van der Waals surface area contributed by atoms with Gasteiger partial charge in [-0.15, -0.1) is 0 Å². The minimum atomic E-state index is -0.356. The fourth-order valence-electron chi connectivity index (χ4n) is 3.41. The molecule has 0 saturated carbocycles. The van der Waals surface area contributed by atoms with Gasteiger partial charge in [0.2, 0.25) is 0 Å². The van der Waals surface area contributed by atoms with Crippen LogP contribution in [0.15, 0.2) is 66.7 Å². The molecule has 0 N–H and O–H groups in total. The third-order valence-electron chi connectivity index (χ3n) is 5.16. The predicted octanol–water partition coefficient (Wildman–Crippen LogP) is 6.88. The Kier molecular flexibility index (Phi) is 6.98. The summed E-state index contributed by atoms with van der Waals surface area (Å²) in [4.78, 5) is 0. The number of nitriles is 1. The van der Waals surface area contributed by atoms with Gasteiger partial charge in [0.15, 0.2) is 0 Å². The van der Waals surface area contributed by atoms with Crippen LogP contribution in [0.4, 0.5) is 4.39 Å². The number of hydrogen-bond donors (Lipinski definition) is 0. The molecule has 0 spiro atoms. The number of rotatable bonds is 8. The standard InChI is InChI=1S/C26H26FN/c1-2-3-4-5-20-6-8-21(9-7-20)10-11-22-12-15-24(16-13-22)25-17-14-23(19-28)18-26(25)27/h6-9,12-18H,2-5,10-11H2,1H3. The molecule has 0 bridgehead atoms. The molecule has 3 aromatic rings. The van der Waals surface area contributed by atoms with E-state index >= 15 is 0 Å².